The van der Waals surface area contributed by atoms with Crippen LogP contribution in [-0.2, 0) is 4.74 Å². The van der Waals surface area contributed by atoms with E-state index in [1.165, 1.54) is 0 Å². The lowest BCUT2D eigenvalue weighted by Crippen LogP contribution is -2.48. The van der Waals surface area contributed by atoms with E-state index < -0.39 is 0 Å². The Morgan fingerprint density at radius 3 is 2.56 bits per heavy atom. The highest BCUT2D eigenvalue weighted by Crippen LogP contribution is 2.31. The molecule has 2 aliphatic heterocycles. The number of hydrogen-bond donors (Lipinski definition) is 2. The Balaban J connectivity index is 0.00000259. The lowest BCUT2D eigenvalue weighted by atomic mass is 10.0. The first-order chi connectivity index (χ1) is 15.6. The van der Waals surface area contributed by atoms with Gasteiger partial charge in [-0.3, -0.25) is 4.79 Å². The smallest absolute Gasteiger partial charge is 0.282 e. The van der Waals surface area contributed by atoms with Crippen molar-refractivity contribution in [1.82, 2.24) is 10.3 Å². The van der Waals surface area contributed by atoms with Gasteiger partial charge in [0.15, 0.2) is 0 Å². The van der Waals surface area contributed by atoms with Crippen molar-refractivity contribution in [3.63, 3.8) is 0 Å². The lowest BCUT2D eigenvalue weighted by Gasteiger charge is -2.36. The number of aryl methyl sites for hydroxylation is 1. The number of nitrogens with two attached hydrogens (primary N) is 1. The molecule has 3 N–H and O–H groups in total. The Bertz CT molecular complexity index is 1020. The standard InChI is InChI=1S/C25H33N5O2.H2/c1-16-2-5-22-18(14-16)15-21(25(31)29-23(26)17-3-4-17)24(28-22)30-10-6-19(7-11-30)27-20-8-12-32-13-9-20;/h2,5,14-15,17,19-20,27H,3-4,6-13H2,1H3,(H2,26,29,31);1H. The van der Waals surface area contributed by atoms with Crippen molar-refractivity contribution < 1.29 is 11.0 Å². The number of rotatable bonds is 5. The van der Waals surface area contributed by atoms with Crippen molar-refractivity contribution in [2.75, 3.05) is 31.2 Å². The molecule has 5 rings (SSSR count). The average Bonchev–Trinajstić information content (AvgIpc) is 3.65. The number of benzene rings is 1. The van der Waals surface area contributed by atoms with Gasteiger partial charge in [0.2, 0.25) is 0 Å². The van der Waals surface area contributed by atoms with E-state index in [4.69, 9.17) is 15.5 Å². The molecule has 3 heterocycles. The van der Waals surface area contributed by atoms with Gasteiger partial charge in [-0.1, -0.05) is 11.6 Å². The van der Waals surface area contributed by atoms with Crippen molar-refractivity contribution in [2.24, 2.45) is 16.6 Å². The summed E-state index contributed by atoms with van der Waals surface area (Å²) in [7, 11) is 0. The van der Waals surface area contributed by atoms with Gasteiger partial charge in [-0.25, -0.2) is 4.98 Å². The van der Waals surface area contributed by atoms with Gasteiger partial charge in [-0.2, -0.15) is 4.99 Å². The van der Waals surface area contributed by atoms with Crippen LogP contribution in [0.3, 0.4) is 0 Å². The van der Waals surface area contributed by atoms with Gasteiger partial charge >= 0.3 is 0 Å². The minimum absolute atomic E-state index is 0. The summed E-state index contributed by atoms with van der Waals surface area (Å²) < 4.78 is 5.48. The quantitative estimate of drug-likeness (QED) is 0.550. The fourth-order valence-electron chi connectivity index (χ4n) is 4.79. The van der Waals surface area contributed by atoms with Crippen molar-refractivity contribution in [2.45, 2.75) is 57.5 Å². The Morgan fingerprint density at radius 1 is 1.12 bits per heavy atom. The van der Waals surface area contributed by atoms with Crippen LogP contribution in [0.5, 0.6) is 0 Å². The van der Waals surface area contributed by atoms with E-state index in [0.29, 0.717) is 23.5 Å². The third-order valence-electron chi connectivity index (χ3n) is 6.89. The molecule has 0 bridgehead atoms. The average molecular weight is 438 g/mol. The Kier molecular flexibility index (Phi) is 6.11. The van der Waals surface area contributed by atoms with E-state index in [1.807, 2.05) is 19.1 Å². The maximum atomic E-state index is 13.1. The van der Waals surface area contributed by atoms with E-state index >= 15 is 0 Å². The predicted molar refractivity (Wildman–Crippen MR) is 129 cm³/mol. The first-order valence-corrected chi connectivity index (χ1v) is 12.0. The summed E-state index contributed by atoms with van der Waals surface area (Å²) in [5.41, 5.74) is 8.68. The normalized spacial score (nSPS) is 21.3. The minimum Gasteiger partial charge on any atom is -0.387 e. The topological polar surface area (TPSA) is 92.8 Å². The number of ether oxygens (including phenoxy) is 1. The number of hydrogen-bond acceptors (Lipinski definition) is 5. The molecule has 1 aromatic heterocycles. The van der Waals surface area contributed by atoms with Crippen LogP contribution in [0, 0.1) is 12.8 Å². The van der Waals surface area contributed by atoms with E-state index in [2.05, 4.69) is 27.3 Å². The van der Waals surface area contributed by atoms with E-state index in [9.17, 15) is 4.79 Å². The fourth-order valence-corrected chi connectivity index (χ4v) is 4.79. The molecule has 172 valence electrons. The summed E-state index contributed by atoms with van der Waals surface area (Å²) in [6.45, 7) is 5.49. The molecule has 3 fully saturated rings. The van der Waals surface area contributed by atoms with Crippen LogP contribution in [0.4, 0.5) is 5.82 Å². The summed E-state index contributed by atoms with van der Waals surface area (Å²) in [4.78, 5) is 24.6. The molecule has 32 heavy (non-hydrogen) atoms. The van der Waals surface area contributed by atoms with E-state index in [-0.39, 0.29) is 13.3 Å². The number of anilines is 1. The second kappa shape index (κ2) is 9.16. The minimum atomic E-state index is -0.275. The number of aliphatic imine (C=N–C) groups is 1. The molecule has 1 aliphatic carbocycles. The second-order valence-corrected chi connectivity index (χ2v) is 9.49. The zero-order valence-electron chi connectivity index (χ0n) is 18.8. The number of nitrogens with one attached hydrogen (secondary N) is 1. The summed E-state index contributed by atoms with van der Waals surface area (Å²) in [5.74, 6) is 1.20. The van der Waals surface area contributed by atoms with Gasteiger partial charge in [-0.15, -0.1) is 0 Å². The van der Waals surface area contributed by atoms with Crippen LogP contribution in [0.2, 0.25) is 0 Å². The highest BCUT2D eigenvalue weighted by Gasteiger charge is 2.29. The molecule has 1 amide bonds. The second-order valence-electron chi connectivity index (χ2n) is 9.49. The first kappa shape index (κ1) is 21.3. The number of amides is 1. The molecule has 7 nitrogen and oxygen atoms in total. The molecule has 0 spiro atoms. The zero-order valence-corrected chi connectivity index (χ0v) is 18.8. The van der Waals surface area contributed by atoms with Crippen LogP contribution in [-0.4, -0.2) is 55.1 Å². The van der Waals surface area contributed by atoms with Gasteiger partial charge in [0, 0.05) is 51.1 Å². The summed E-state index contributed by atoms with van der Waals surface area (Å²) in [6, 6.07) is 9.17. The molecule has 0 unspecified atom stereocenters. The van der Waals surface area contributed by atoms with Gasteiger partial charge in [-0.05, 0) is 63.6 Å². The molecular weight excluding hydrogens is 402 g/mol. The number of amidine groups is 1. The summed E-state index contributed by atoms with van der Waals surface area (Å²) in [6.07, 6.45) is 6.30. The Morgan fingerprint density at radius 2 is 1.84 bits per heavy atom. The lowest BCUT2D eigenvalue weighted by molar-refractivity contribution is 0.0738. The number of fused-ring (bicyclic) bond motifs is 1. The maximum Gasteiger partial charge on any atom is 0.282 e. The molecular formula is C25H35N5O2. The van der Waals surface area contributed by atoms with Crippen LogP contribution in [0.15, 0.2) is 29.3 Å². The van der Waals surface area contributed by atoms with E-state index in [1.54, 1.807) is 0 Å². The number of carbonyl (C=O) groups excluding carboxylic acids is 1. The van der Waals surface area contributed by atoms with Gasteiger partial charge in [0.25, 0.3) is 5.91 Å². The molecule has 1 aromatic carbocycles. The third-order valence-corrected chi connectivity index (χ3v) is 6.89. The number of carbonyl (C=O) groups is 1. The SMILES string of the molecule is Cc1ccc2nc(N3CCC(NC4CCOCC4)CC3)c(C(=O)N=C(N)C3CC3)cc2c1.[HH]. The highest BCUT2D eigenvalue weighted by molar-refractivity contribution is 6.08. The Labute approximate surface area is 190 Å². The summed E-state index contributed by atoms with van der Waals surface area (Å²) in [5, 5.41) is 4.78. The third kappa shape index (κ3) is 4.79. The predicted octanol–water partition coefficient (Wildman–Crippen LogP) is 3.43. The maximum absolute atomic E-state index is 13.1. The van der Waals surface area contributed by atoms with Crippen LogP contribution in [0.1, 0.15) is 55.9 Å². The molecule has 2 saturated heterocycles. The first-order valence-electron chi connectivity index (χ1n) is 12.0. The van der Waals surface area contributed by atoms with Crippen LogP contribution in [0.25, 0.3) is 10.9 Å². The largest absolute Gasteiger partial charge is 0.387 e. The molecule has 0 radical (unpaired) electrons. The molecule has 2 aromatic rings. The molecule has 3 aliphatic rings. The molecule has 0 atom stereocenters. The molecule has 7 heteroatoms. The Hall–Kier alpha value is -2.51. The fraction of sp³-hybridized carbons (Fsp3) is 0.560. The molecule has 1 saturated carbocycles. The van der Waals surface area contributed by atoms with Crippen molar-refractivity contribution >= 4 is 28.5 Å². The number of nitrogens with zero attached hydrogens (tertiary/aromatic N) is 3. The van der Waals surface area contributed by atoms with Gasteiger partial charge < -0.3 is 20.7 Å². The number of pyridine rings is 1. The summed E-state index contributed by atoms with van der Waals surface area (Å²) >= 11 is 0. The van der Waals surface area contributed by atoms with E-state index in [0.717, 1.165) is 87.1 Å². The zero-order chi connectivity index (χ0) is 22.1. The highest BCUT2D eigenvalue weighted by atomic mass is 16.5. The number of aromatic nitrogens is 1. The van der Waals surface area contributed by atoms with Crippen LogP contribution < -0.4 is 16.0 Å². The van der Waals surface area contributed by atoms with Crippen molar-refractivity contribution in [3.05, 3.63) is 35.4 Å². The number of piperidine rings is 1. The van der Waals surface area contributed by atoms with Gasteiger partial charge in [0.1, 0.15) is 11.7 Å². The van der Waals surface area contributed by atoms with Gasteiger partial charge in [0.05, 0.1) is 11.1 Å². The van der Waals surface area contributed by atoms with Crippen molar-refractivity contribution in [1.29, 1.82) is 0 Å². The van der Waals surface area contributed by atoms with Crippen LogP contribution >= 0.6 is 0 Å². The monoisotopic (exact) mass is 437 g/mol. The van der Waals surface area contributed by atoms with Crippen molar-refractivity contribution in [3.8, 4) is 0 Å².